The Balaban J connectivity index is 1.33. The van der Waals surface area contributed by atoms with Gasteiger partial charge in [-0.15, -0.1) is 0 Å². The Morgan fingerprint density at radius 1 is 1.06 bits per heavy atom. The van der Waals surface area contributed by atoms with Crippen LogP contribution < -0.4 is 10.6 Å². The number of nitrogens with zero attached hydrogens (tertiary/aromatic N) is 3. The summed E-state index contributed by atoms with van der Waals surface area (Å²) < 4.78 is 5.37. The van der Waals surface area contributed by atoms with Crippen LogP contribution in [0.2, 0.25) is 0 Å². The van der Waals surface area contributed by atoms with Crippen molar-refractivity contribution in [1.29, 1.82) is 0 Å². The number of hydrogen-bond donors (Lipinski definition) is 2. The molecule has 7 nitrogen and oxygen atoms in total. The van der Waals surface area contributed by atoms with Crippen molar-refractivity contribution in [3.05, 3.63) is 78.1 Å². The Hall–Kier alpha value is -3.29. The van der Waals surface area contributed by atoms with E-state index in [-0.39, 0.29) is 11.9 Å². The molecule has 1 amide bonds. The molecule has 184 valence electrons. The quantitative estimate of drug-likeness (QED) is 0.398. The number of nitrogens with one attached hydrogen (secondary N) is 2. The number of carbonyl (C=O) groups is 1. The molecule has 1 atom stereocenters. The van der Waals surface area contributed by atoms with Crippen molar-refractivity contribution in [2.45, 2.75) is 32.2 Å². The fourth-order valence-electron chi connectivity index (χ4n) is 4.27. The lowest BCUT2D eigenvalue weighted by atomic mass is 10.0. The van der Waals surface area contributed by atoms with Gasteiger partial charge in [-0.05, 0) is 37.1 Å². The number of benzene rings is 2. The molecule has 1 saturated heterocycles. The molecule has 1 unspecified atom stereocenters. The minimum absolute atomic E-state index is 0.0507. The van der Waals surface area contributed by atoms with Crippen LogP contribution in [0.25, 0.3) is 11.3 Å². The van der Waals surface area contributed by atoms with Crippen LogP contribution in [0.5, 0.6) is 0 Å². The van der Waals surface area contributed by atoms with Gasteiger partial charge in [-0.25, -0.2) is 4.98 Å². The normalized spacial score (nSPS) is 14.9. The maximum atomic E-state index is 12.5. The maximum absolute atomic E-state index is 12.5. The van der Waals surface area contributed by atoms with Gasteiger partial charge in [0.2, 0.25) is 0 Å². The van der Waals surface area contributed by atoms with Gasteiger partial charge in [-0.3, -0.25) is 14.7 Å². The van der Waals surface area contributed by atoms with Gasteiger partial charge in [-0.2, -0.15) is 0 Å². The molecule has 35 heavy (non-hydrogen) atoms. The molecule has 1 aliphatic heterocycles. The molecule has 0 saturated carbocycles. The molecule has 2 N–H and O–H groups in total. The van der Waals surface area contributed by atoms with Crippen molar-refractivity contribution in [3.8, 4) is 11.3 Å². The second-order valence-corrected chi connectivity index (χ2v) is 8.83. The minimum atomic E-state index is -0.0507. The number of morpholine rings is 1. The fourth-order valence-corrected chi connectivity index (χ4v) is 4.27. The second kappa shape index (κ2) is 13.0. The Morgan fingerprint density at radius 2 is 1.83 bits per heavy atom. The Kier molecular flexibility index (Phi) is 9.20. The monoisotopic (exact) mass is 473 g/mol. The summed E-state index contributed by atoms with van der Waals surface area (Å²) in [5, 5.41) is 6.56. The summed E-state index contributed by atoms with van der Waals surface area (Å²) in [5.74, 6) is 0.692. The molecule has 0 bridgehead atoms. The summed E-state index contributed by atoms with van der Waals surface area (Å²) in [6.07, 6.45) is 6.51. The van der Waals surface area contributed by atoms with E-state index in [1.165, 1.54) is 5.56 Å². The van der Waals surface area contributed by atoms with Crippen LogP contribution in [0.1, 0.15) is 48.1 Å². The number of ether oxygens (including phenoxy) is 1. The van der Waals surface area contributed by atoms with Crippen LogP contribution in [0.4, 0.5) is 5.82 Å². The van der Waals surface area contributed by atoms with Crippen LogP contribution in [0.3, 0.4) is 0 Å². The highest BCUT2D eigenvalue weighted by Crippen LogP contribution is 2.24. The van der Waals surface area contributed by atoms with Crippen molar-refractivity contribution in [2.75, 3.05) is 44.7 Å². The minimum Gasteiger partial charge on any atom is -0.379 e. The van der Waals surface area contributed by atoms with Gasteiger partial charge in [0, 0.05) is 30.8 Å². The van der Waals surface area contributed by atoms with Gasteiger partial charge in [0.15, 0.2) is 0 Å². The topological polar surface area (TPSA) is 79.4 Å². The standard InChI is InChI=1S/C28H35N5O2/c1-2-7-25(22-8-4-3-5-9-22)31-27-21-29-20-26(32-27)23-10-12-24(13-11-23)28(34)30-14-6-15-33-16-18-35-19-17-33/h3-5,8-13,20-21,25H,2,6-7,14-19H2,1H3,(H,30,34)(H,31,32). The van der Waals surface area contributed by atoms with Crippen molar-refractivity contribution in [1.82, 2.24) is 20.2 Å². The molecule has 1 aromatic heterocycles. The molecule has 0 spiro atoms. The number of carbonyl (C=O) groups excluding carboxylic acids is 1. The number of amides is 1. The van der Waals surface area contributed by atoms with E-state index in [1.54, 1.807) is 12.4 Å². The highest BCUT2D eigenvalue weighted by atomic mass is 16.5. The number of aromatic nitrogens is 2. The third kappa shape index (κ3) is 7.34. The molecular formula is C28H35N5O2. The first kappa shape index (κ1) is 24.8. The lowest BCUT2D eigenvalue weighted by Crippen LogP contribution is -2.38. The summed E-state index contributed by atoms with van der Waals surface area (Å²) in [4.78, 5) is 24.1. The Morgan fingerprint density at radius 3 is 2.57 bits per heavy atom. The molecule has 2 heterocycles. The van der Waals surface area contributed by atoms with E-state index in [9.17, 15) is 4.79 Å². The van der Waals surface area contributed by atoms with E-state index >= 15 is 0 Å². The fraction of sp³-hybridized carbons (Fsp3) is 0.393. The molecule has 3 aromatic rings. The van der Waals surface area contributed by atoms with Gasteiger partial charge in [0.1, 0.15) is 5.82 Å². The third-order valence-electron chi connectivity index (χ3n) is 6.22. The molecule has 7 heteroatoms. The molecular weight excluding hydrogens is 438 g/mol. The molecule has 2 aromatic carbocycles. The van der Waals surface area contributed by atoms with E-state index in [0.717, 1.165) is 69.2 Å². The van der Waals surface area contributed by atoms with Crippen LogP contribution >= 0.6 is 0 Å². The third-order valence-corrected chi connectivity index (χ3v) is 6.22. The van der Waals surface area contributed by atoms with Crippen molar-refractivity contribution >= 4 is 11.7 Å². The smallest absolute Gasteiger partial charge is 0.251 e. The SMILES string of the molecule is CCCC(Nc1cncc(-c2ccc(C(=O)NCCCN3CCOCC3)cc2)n1)c1ccccc1. The molecule has 1 fully saturated rings. The lowest BCUT2D eigenvalue weighted by Gasteiger charge is -2.26. The van der Waals surface area contributed by atoms with Crippen LogP contribution in [-0.4, -0.2) is 60.2 Å². The average Bonchev–Trinajstić information content (AvgIpc) is 2.92. The maximum Gasteiger partial charge on any atom is 0.251 e. The highest BCUT2D eigenvalue weighted by molar-refractivity contribution is 5.94. The first-order valence-electron chi connectivity index (χ1n) is 12.5. The zero-order valence-electron chi connectivity index (χ0n) is 20.5. The van der Waals surface area contributed by atoms with Crippen molar-refractivity contribution < 1.29 is 9.53 Å². The van der Waals surface area contributed by atoms with Gasteiger partial charge >= 0.3 is 0 Å². The molecule has 0 aliphatic carbocycles. The van der Waals surface area contributed by atoms with E-state index < -0.39 is 0 Å². The van der Waals surface area contributed by atoms with E-state index in [0.29, 0.717) is 12.1 Å². The number of anilines is 1. The number of hydrogen-bond acceptors (Lipinski definition) is 6. The summed E-state index contributed by atoms with van der Waals surface area (Å²) in [7, 11) is 0. The molecule has 4 rings (SSSR count). The largest absolute Gasteiger partial charge is 0.379 e. The molecule has 1 aliphatic rings. The van der Waals surface area contributed by atoms with Crippen LogP contribution in [-0.2, 0) is 4.74 Å². The highest BCUT2D eigenvalue weighted by Gasteiger charge is 2.13. The predicted molar refractivity (Wildman–Crippen MR) is 139 cm³/mol. The Bertz CT molecular complexity index is 1050. The van der Waals surface area contributed by atoms with E-state index in [2.05, 4.69) is 51.7 Å². The summed E-state index contributed by atoms with van der Waals surface area (Å²) >= 11 is 0. The second-order valence-electron chi connectivity index (χ2n) is 8.83. The van der Waals surface area contributed by atoms with Crippen molar-refractivity contribution in [2.24, 2.45) is 0 Å². The zero-order valence-corrected chi connectivity index (χ0v) is 20.5. The first-order chi connectivity index (χ1) is 17.2. The summed E-state index contributed by atoms with van der Waals surface area (Å²) in [6.45, 7) is 7.37. The van der Waals surface area contributed by atoms with Gasteiger partial charge in [-0.1, -0.05) is 55.8 Å². The van der Waals surface area contributed by atoms with Crippen molar-refractivity contribution in [3.63, 3.8) is 0 Å². The summed E-state index contributed by atoms with van der Waals surface area (Å²) in [6, 6.07) is 18.1. The average molecular weight is 474 g/mol. The predicted octanol–water partition coefficient (Wildman–Crippen LogP) is 4.55. The van der Waals surface area contributed by atoms with Crippen LogP contribution in [0.15, 0.2) is 67.0 Å². The van der Waals surface area contributed by atoms with E-state index in [4.69, 9.17) is 9.72 Å². The lowest BCUT2D eigenvalue weighted by molar-refractivity contribution is 0.0374. The molecule has 0 radical (unpaired) electrons. The summed E-state index contributed by atoms with van der Waals surface area (Å²) in [5.41, 5.74) is 3.59. The van der Waals surface area contributed by atoms with Crippen LogP contribution in [0, 0.1) is 0 Å². The number of rotatable bonds is 11. The van der Waals surface area contributed by atoms with Gasteiger partial charge < -0.3 is 15.4 Å². The first-order valence-corrected chi connectivity index (χ1v) is 12.5. The van der Waals surface area contributed by atoms with E-state index in [1.807, 2.05) is 30.3 Å². The van der Waals surface area contributed by atoms with Gasteiger partial charge in [0.25, 0.3) is 5.91 Å². The van der Waals surface area contributed by atoms with Gasteiger partial charge in [0.05, 0.1) is 37.3 Å². The Labute approximate surface area is 207 Å². The zero-order chi connectivity index (χ0) is 24.3.